The molecule has 0 bridgehead atoms. The highest BCUT2D eigenvalue weighted by Crippen LogP contribution is 2.46. The minimum atomic E-state index is -0.580. The van der Waals surface area contributed by atoms with E-state index in [1.807, 2.05) is 48.5 Å². The average Bonchev–Trinajstić information content (AvgIpc) is 2.79. The number of rotatable bonds is 6. The Hall–Kier alpha value is -2.96. The normalized spacial score (nSPS) is 20.8. The van der Waals surface area contributed by atoms with Crippen LogP contribution >= 0.6 is 0 Å². The van der Waals surface area contributed by atoms with Gasteiger partial charge in [0.25, 0.3) is 0 Å². The molecule has 2 heterocycles. The maximum Gasteiger partial charge on any atom is 0.134 e. The molecule has 0 radical (unpaired) electrons. The fourth-order valence-corrected chi connectivity index (χ4v) is 5.48. The average molecular weight is 463 g/mol. The van der Waals surface area contributed by atoms with E-state index in [4.69, 9.17) is 9.47 Å². The van der Waals surface area contributed by atoms with E-state index < -0.39 is 17.7 Å². The van der Waals surface area contributed by atoms with Crippen molar-refractivity contribution < 1.29 is 18.3 Å². The van der Waals surface area contributed by atoms with Crippen molar-refractivity contribution in [3.8, 4) is 11.5 Å². The zero-order valence-corrected chi connectivity index (χ0v) is 19.0. The number of ether oxygens (including phenoxy) is 2. The van der Waals surface area contributed by atoms with E-state index in [9.17, 15) is 0 Å². The molecule has 1 unspecified atom stereocenters. The fourth-order valence-electron chi connectivity index (χ4n) is 5.48. The zero-order chi connectivity index (χ0) is 23.1. The quantitative estimate of drug-likeness (QED) is 0.546. The summed E-state index contributed by atoms with van der Waals surface area (Å²) >= 11 is 0. The third-order valence-corrected chi connectivity index (χ3v) is 7.38. The van der Waals surface area contributed by atoms with Crippen molar-refractivity contribution in [2.24, 2.45) is 5.41 Å². The van der Waals surface area contributed by atoms with Crippen molar-refractivity contribution in [2.45, 2.75) is 38.0 Å². The Morgan fingerprint density at radius 2 is 1.68 bits per heavy atom. The SMILES string of the molecule is Fc1cc(OC2CC3(CNC3)C2)cc(F)c1C1NCCc2cc(OCc3ccccc3)ccc21. The van der Waals surface area contributed by atoms with Gasteiger partial charge in [-0.1, -0.05) is 36.4 Å². The molecule has 1 spiro atoms. The molecule has 0 aromatic heterocycles. The van der Waals surface area contributed by atoms with E-state index in [0.29, 0.717) is 18.6 Å². The summed E-state index contributed by atoms with van der Waals surface area (Å²) in [4.78, 5) is 0. The number of fused-ring (bicyclic) bond motifs is 1. The molecule has 34 heavy (non-hydrogen) atoms. The smallest absolute Gasteiger partial charge is 0.134 e. The molecule has 2 fully saturated rings. The van der Waals surface area contributed by atoms with Crippen molar-refractivity contribution >= 4 is 0 Å². The minimum absolute atomic E-state index is 0.0367. The second kappa shape index (κ2) is 8.67. The van der Waals surface area contributed by atoms with Gasteiger partial charge in [-0.15, -0.1) is 0 Å². The van der Waals surface area contributed by atoms with Gasteiger partial charge in [0.05, 0.1) is 12.1 Å². The van der Waals surface area contributed by atoms with E-state index in [1.165, 1.54) is 12.1 Å². The predicted molar refractivity (Wildman–Crippen MR) is 126 cm³/mol. The van der Waals surface area contributed by atoms with Gasteiger partial charge in [0.2, 0.25) is 0 Å². The number of hydrogen-bond donors (Lipinski definition) is 2. The van der Waals surface area contributed by atoms with Crippen LogP contribution in [0, 0.1) is 17.0 Å². The molecule has 6 rings (SSSR count). The van der Waals surface area contributed by atoms with Crippen molar-refractivity contribution in [2.75, 3.05) is 19.6 Å². The molecule has 3 aromatic carbocycles. The minimum Gasteiger partial charge on any atom is -0.490 e. The van der Waals surface area contributed by atoms with Crippen LogP contribution in [0.15, 0.2) is 60.7 Å². The standard InChI is InChI=1S/C28H28F2N2O2/c29-24-11-21(34-22-13-28(14-22)16-31-17-28)12-25(30)26(24)27-23-7-6-20(10-19(23)8-9-32-27)33-15-18-4-2-1-3-5-18/h1-7,10-12,22,27,31-32H,8-9,13-17H2. The van der Waals surface area contributed by atoms with Gasteiger partial charge >= 0.3 is 0 Å². The molecule has 6 heteroatoms. The molecule has 3 aromatic rings. The van der Waals surface area contributed by atoms with Crippen molar-refractivity contribution in [3.63, 3.8) is 0 Å². The lowest BCUT2D eigenvalue weighted by molar-refractivity contribution is -0.0497. The lowest BCUT2D eigenvalue weighted by Crippen LogP contribution is -2.62. The van der Waals surface area contributed by atoms with E-state index >= 15 is 8.78 Å². The number of halogens is 2. The van der Waals surface area contributed by atoms with Gasteiger partial charge in [-0.25, -0.2) is 8.78 Å². The van der Waals surface area contributed by atoms with E-state index in [1.54, 1.807) is 0 Å². The van der Waals surface area contributed by atoms with Crippen LogP contribution in [0.5, 0.6) is 11.5 Å². The first-order valence-electron chi connectivity index (χ1n) is 12.0. The first-order valence-corrected chi connectivity index (χ1v) is 12.0. The summed E-state index contributed by atoms with van der Waals surface area (Å²) < 4.78 is 42.2. The number of benzene rings is 3. The summed E-state index contributed by atoms with van der Waals surface area (Å²) in [5.41, 5.74) is 3.40. The molecule has 176 valence electrons. The topological polar surface area (TPSA) is 42.5 Å². The molecule has 2 aliphatic heterocycles. The van der Waals surface area contributed by atoms with Crippen molar-refractivity contribution in [1.82, 2.24) is 10.6 Å². The summed E-state index contributed by atoms with van der Waals surface area (Å²) in [7, 11) is 0. The molecule has 0 amide bonds. The molecule has 3 aliphatic rings. The van der Waals surface area contributed by atoms with E-state index in [-0.39, 0.29) is 17.4 Å². The highest BCUT2D eigenvalue weighted by Gasteiger charge is 2.49. The summed E-state index contributed by atoms with van der Waals surface area (Å²) in [6.07, 6.45) is 2.69. The Bertz CT molecular complexity index is 1170. The van der Waals surface area contributed by atoms with Crippen LogP contribution in [0.1, 0.15) is 41.1 Å². The van der Waals surface area contributed by atoms with Gasteiger partial charge in [0.15, 0.2) is 0 Å². The van der Waals surface area contributed by atoms with Crippen LogP contribution in [0.3, 0.4) is 0 Å². The molecule has 1 saturated heterocycles. The van der Waals surface area contributed by atoms with Gasteiger partial charge in [-0.05, 0) is 48.1 Å². The highest BCUT2D eigenvalue weighted by atomic mass is 19.1. The summed E-state index contributed by atoms with van der Waals surface area (Å²) in [6.45, 7) is 3.14. The zero-order valence-electron chi connectivity index (χ0n) is 19.0. The van der Waals surface area contributed by atoms with Crippen LogP contribution < -0.4 is 20.1 Å². The molecule has 1 saturated carbocycles. The largest absolute Gasteiger partial charge is 0.490 e. The van der Waals surface area contributed by atoms with Crippen molar-refractivity contribution in [1.29, 1.82) is 0 Å². The van der Waals surface area contributed by atoms with E-state index in [2.05, 4.69) is 10.6 Å². The highest BCUT2D eigenvalue weighted by molar-refractivity contribution is 5.45. The van der Waals surface area contributed by atoms with Crippen LogP contribution in [0.25, 0.3) is 0 Å². The lowest BCUT2D eigenvalue weighted by Gasteiger charge is -2.53. The monoisotopic (exact) mass is 462 g/mol. The second-order valence-electron chi connectivity index (χ2n) is 9.82. The molecule has 1 atom stereocenters. The third kappa shape index (κ3) is 4.05. The van der Waals surface area contributed by atoms with E-state index in [0.717, 1.165) is 54.8 Å². The lowest BCUT2D eigenvalue weighted by atomic mass is 9.63. The third-order valence-electron chi connectivity index (χ3n) is 7.38. The van der Waals surface area contributed by atoms with Crippen molar-refractivity contribution in [3.05, 3.63) is 94.6 Å². The predicted octanol–water partition coefficient (Wildman–Crippen LogP) is 4.91. The van der Waals surface area contributed by atoms with Gasteiger partial charge in [0, 0.05) is 42.7 Å². The summed E-state index contributed by atoms with van der Waals surface area (Å²) in [6, 6.07) is 17.9. The van der Waals surface area contributed by atoms with Gasteiger partial charge in [-0.3, -0.25) is 0 Å². The maximum atomic E-state index is 15.2. The summed E-state index contributed by atoms with van der Waals surface area (Å²) in [5, 5.41) is 6.58. The van der Waals surface area contributed by atoms with Crippen LogP contribution in [-0.2, 0) is 13.0 Å². The van der Waals surface area contributed by atoms with Crippen LogP contribution in [0.4, 0.5) is 8.78 Å². The van der Waals surface area contributed by atoms with Gasteiger partial charge in [0.1, 0.15) is 29.7 Å². The second-order valence-corrected chi connectivity index (χ2v) is 9.82. The number of nitrogens with one attached hydrogen (secondary N) is 2. The van der Waals surface area contributed by atoms with Crippen LogP contribution in [0.2, 0.25) is 0 Å². The Kier molecular flexibility index (Phi) is 5.50. The molecular formula is C28H28F2N2O2. The fraction of sp³-hybridized carbons (Fsp3) is 0.357. The van der Waals surface area contributed by atoms with Gasteiger partial charge in [-0.2, -0.15) is 0 Å². The Labute approximate surface area is 198 Å². The Balaban J connectivity index is 1.18. The molecule has 4 nitrogen and oxygen atoms in total. The molecule has 2 N–H and O–H groups in total. The van der Waals surface area contributed by atoms with Crippen LogP contribution in [-0.4, -0.2) is 25.7 Å². The van der Waals surface area contributed by atoms with Gasteiger partial charge < -0.3 is 20.1 Å². The number of hydrogen-bond acceptors (Lipinski definition) is 4. The first kappa shape index (κ1) is 21.6. The Morgan fingerprint density at radius 3 is 2.38 bits per heavy atom. The summed E-state index contributed by atoms with van der Waals surface area (Å²) in [5.74, 6) is -0.132. The molecular weight excluding hydrogens is 434 g/mol. The molecule has 1 aliphatic carbocycles. The first-order chi connectivity index (χ1) is 16.6. The Morgan fingerprint density at radius 1 is 0.912 bits per heavy atom. The maximum absolute atomic E-state index is 15.2.